The first-order chi connectivity index (χ1) is 7.30. The predicted octanol–water partition coefficient (Wildman–Crippen LogP) is -1.24. The Balaban J connectivity index is 2.77. The van der Waals surface area contributed by atoms with Crippen molar-refractivity contribution in [1.29, 1.82) is 0 Å². The maximum Gasteiger partial charge on any atom is 0.488 e. The monoisotopic (exact) mass is 243 g/mol. The molecule has 7 heteroatoms. The summed E-state index contributed by atoms with van der Waals surface area (Å²) in [4.78, 5) is 0. The van der Waals surface area contributed by atoms with Gasteiger partial charge in [0, 0.05) is 13.6 Å². The minimum Gasteiger partial charge on any atom is -0.423 e. The number of nitrogens with zero attached hydrogens (tertiary/aromatic N) is 1. The lowest BCUT2D eigenvalue weighted by atomic mass is 9.80. The summed E-state index contributed by atoms with van der Waals surface area (Å²) in [5, 5.41) is 17.7. The summed E-state index contributed by atoms with van der Waals surface area (Å²) in [5.74, 6) is 0. The van der Waals surface area contributed by atoms with Crippen molar-refractivity contribution in [3.8, 4) is 0 Å². The number of sulfonamides is 1. The highest BCUT2D eigenvalue weighted by atomic mass is 32.2. The molecular formula is C9H14BNO4S. The number of hydrogen-bond donors (Lipinski definition) is 2. The second kappa shape index (κ2) is 4.96. The van der Waals surface area contributed by atoms with Crippen molar-refractivity contribution in [3.63, 3.8) is 0 Å². The van der Waals surface area contributed by atoms with E-state index in [9.17, 15) is 8.42 Å². The quantitative estimate of drug-likeness (QED) is 0.648. The molecule has 0 aliphatic rings. The van der Waals surface area contributed by atoms with E-state index in [1.165, 1.54) is 11.4 Å². The van der Waals surface area contributed by atoms with Crippen molar-refractivity contribution < 1.29 is 18.5 Å². The lowest BCUT2D eigenvalue weighted by molar-refractivity contribution is 0.425. The Kier molecular flexibility index (Phi) is 4.09. The first-order valence-corrected chi connectivity index (χ1v) is 6.52. The van der Waals surface area contributed by atoms with Crippen molar-refractivity contribution in [2.45, 2.75) is 6.54 Å². The summed E-state index contributed by atoms with van der Waals surface area (Å²) in [6.07, 6.45) is 1.14. The van der Waals surface area contributed by atoms with Crippen LogP contribution in [0.2, 0.25) is 0 Å². The van der Waals surface area contributed by atoms with E-state index in [2.05, 4.69) is 0 Å². The Labute approximate surface area is 95.5 Å². The van der Waals surface area contributed by atoms with Crippen molar-refractivity contribution in [2.24, 2.45) is 0 Å². The van der Waals surface area contributed by atoms with E-state index in [0.29, 0.717) is 5.46 Å². The molecule has 1 aromatic rings. The molecule has 88 valence electrons. The Bertz CT molecular complexity index is 443. The van der Waals surface area contributed by atoms with E-state index in [1.807, 2.05) is 0 Å². The van der Waals surface area contributed by atoms with Crippen LogP contribution in [-0.2, 0) is 16.6 Å². The summed E-state index contributed by atoms with van der Waals surface area (Å²) in [6, 6.07) is 6.43. The van der Waals surface area contributed by atoms with Crippen LogP contribution in [0.15, 0.2) is 24.3 Å². The highest BCUT2D eigenvalue weighted by molar-refractivity contribution is 7.88. The summed E-state index contributed by atoms with van der Waals surface area (Å²) < 4.78 is 23.5. The molecule has 2 N–H and O–H groups in total. The van der Waals surface area contributed by atoms with Gasteiger partial charge in [0.05, 0.1) is 6.26 Å². The maximum atomic E-state index is 11.2. The fourth-order valence-corrected chi connectivity index (χ4v) is 1.55. The van der Waals surface area contributed by atoms with Crippen molar-refractivity contribution >= 4 is 22.6 Å². The normalized spacial score (nSPS) is 11.8. The molecule has 0 atom stereocenters. The molecule has 0 aliphatic heterocycles. The van der Waals surface area contributed by atoms with Crippen LogP contribution in [0.5, 0.6) is 0 Å². The van der Waals surface area contributed by atoms with Gasteiger partial charge in [-0.1, -0.05) is 24.3 Å². The van der Waals surface area contributed by atoms with Crippen LogP contribution in [-0.4, -0.2) is 43.2 Å². The van der Waals surface area contributed by atoms with Crippen LogP contribution >= 0.6 is 0 Å². The smallest absolute Gasteiger partial charge is 0.423 e. The van der Waals surface area contributed by atoms with E-state index in [0.717, 1.165) is 11.8 Å². The van der Waals surface area contributed by atoms with Crippen molar-refractivity contribution in [1.82, 2.24) is 4.31 Å². The zero-order valence-corrected chi connectivity index (χ0v) is 9.98. The Morgan fingerprint density at radius 1 is 1.25 bits per heavy atom. The van der Waals surface area contributed by atoms with Crippen LogP contribution in [0.1, 0.15) is 5.56 Å². The Hall–Kier alpha value is -0.885. The molecule has 5 nitrogen and oxygen atoms in total. The van der Waals surface area contributed by atoms with Crippen LogP contribution in [0.25, 0.3) is 0 Å². The van der Waals surface area contributed by atoms with Gasteiger partial charge in [-0.05, 0) is 11.0 Å². The third-order valence-electron chi connectivity index (χ3n) is 2.25. The van der Waals surface area contributed by atoms with Gasteiger partial charge in [0.15, 0.2) is 0 Å². The molecule has 0 radical (unpaired) electrons. The summed E-state index contributed by atoms with van der Waals surface area (Å²) in [6.45, 7) is 0.265. The van der Waals surface area contributed by atoms with Crippen molar-refractivity contribution in [2.75, 3.05) is 13.3 Å². The largest absolute Gasteiger partial charge is 0.488 e. The van der Waals surface area contributed by atoms with Crippen LogP contribution in [0, 0.1) is 0 Å². The predicted molar refractivity (Wildman–Crippen MR) is 62.6 cm³/mol. The van der Waals surface area contributed by atoms with Gasteiger partial charge in [-0.25, -0.2) is 12.7 Å². The molecule has 0 unspecified atom stereocenters. The number of benzene rings is 1. The van der Waals surface area contributed by atoms with Crippen LogP contribution in [0.3, 0.4) is 0 Å². The SMILES string of the molecule is CN(Cc1ccc(B(O)O)cc1)S(C)(=O)=O. The minimum absolute atomic E-state index is 0.265. The third-order valence-corrected chi connectivity index (χ3v) is 3.51. The number of hydrogen-bond acceptors (Lipinski definition) is 4. The fourth-order valence-electron chi connectivity index (χ4n) is 1.17. The Morgan fingerprint density at radius 3 is 2.12 bits per heavy atom. The van der Waals surface area contributed by atoms with E-state index in [1.54, 1.807) is 24.3 Å². The molecule has 0 amide bonds. The van der Waals surface area contributed by atoms with E-state index in [-0.39, 0.29) is 6.54 Å². The van der Waals surface area contributed by atoms with E-state index < -0.39 is 17.1 Å². The van der Waals surface area contributed by atoms with Gasteiger partial charge in [-0.3, -0.25) is 0 Å². The molecule has 0 aromatic heterocycles. The van der Waals surface area contributed by atoms with Gasteiger partial charge in [0.2, 0.25) is 10.0 Å². The van der Waals surface area contributed by atoms with Gasteiger partial charge in [0.25, 0.3) is 0 Å². The first kappa shape index (κ1) is 13.2. The molecule has 0 aliphatic carbocycles. The molecule has 1 aromatic carbocycles. The van der Waals surface area contributed by atoms with Crippen molar-refractivity contribution in [3.05, 3.63) is 29.8 Å². The molecular weight excluding hydrogens is 229 g/mol. The van der Waals surface area contributed by atoms with Gasteiger partial charge in [-0.2, -0.15) is 0 Å². The second-order valence-corrected chi connectivity index (χ2v) is 5.72. The zero-order valence-electron chi connectivity index (χ0n) is 9.16. The zero-order chi connectivity index (χ0) is 12.3. The molecule has 0 bridgehead atoms. The molecule has 0 saturated heterocycles. The molecule has 0 fully saturated rings. The van der Waals surface area contributed by atoms with Gasteiger partial charge in [-0.15, -0.1) is 0 Å². The molecule has 16 heavy (non-hydrogen) atoms. The topological polar surface area (TPSA) is 77.8 Å². The Morgan fingerprint density at radius 2 is 1.75 bits per heavy atom. The second-order valence-electron chi connectivity index (χ2n) is 3.63. The van der Waals surface area contributed by atoms with Gasteiger partial charge >= 0.3 is 7.12 Å². The fraction of sp³-hybridized carbons (Fsp3) is 0.333. The molecule has 1 rings (SSSR count). The lowest BCUT2D eigenvalue weighted by Gasteiger charge is -2.14. The van der Waals surface area contributed by atoms with E-state index in [4.69, 9.17) is 10.0 Å². The minimum atomic E-state index is -3.19. The first-order valence-electron chi connectivity index (χ1n) is 4.67. The van der Waals surface area contributed by atoms with Gasteiger partial charge in [0.1, 0.15) is 0 Å². The average molecular weight is 243 g/mol. The highest BCUT2D eigenvalue weighted by Gasteiger charge is 2.13. The summed E-state index contributed by atoms with van der Waals surface area (Å²) in [7, 11) is -3.20. The van der Waals surface area contributed by atoms with E-state index >= 15 is 0 Å². The van der Waals surface area contributed by atoms with Crippen LogP contribution < -0.4 is 5.46 Å². The average Bonchev–Trinajstić information content (AvgIpc) is 2.17. The van der Waals surface area contributed by atoms with Crippen LogP contribution in [0.4, 0.5) is 0 Å². The number of rotatable bonds is 4. The summed E-state index contributed by atoms with van der Waals surface area (Å²) in [5.41, 5.74) is 1.17. The molecule has 0 saturated carbocycles. The molecule has 0 spiro atoms. The standard InChI is InChI=1S/C9H14BNO4S/c1-11(16(2,14)15)7-8-3-5-9(6-4-8)10(12)13/h3-6,12-13H,7H2,1-2H3. The maximum absolute atomic E-state index is 11.2. The highest BCUT2D eigenvalue weighted by Crippen LogP contribution is 2.04. The summed E-state index contributed by atoms with van der Waals surface area (Å²) >= 11 is 0. The third kappa shape index (κ3) is 3.60. The lowest BCUT2D eigenvalue weighted by Crippen LogP contribution is -2.30. The molecule has 0 heterocycles. The van der Waals surface area contributed by atoms with Gasteiger partial charge < -0.3 is 10.0 Å².